The van der Waals surface area contributed by atoms with Gasteiger partial charge in [0.25, 0.3) is 0 Å². The van der Waals surface area contributed by atoms with E-state index >= 15 is 0 Å². The van der Waals surface area contributed by atoms with Crippen molar-refractivity contribution in [2.45, 2.75) is 69.8 Å². The average Bonchev–Trinajstić information content (AvgIpc) is 2.64. The molecule has 0 amide bonds. The zero-order valence-electron chi connectivity index (χ0n) is 12.2. The summed E-state index contributed by atoms with van der Waals surface area (Å²) in [6, 6.07) is 0. The van der Waals surface area contributed by atoms with Crippen LogP contribution in [0.2, 0.25) is 0 Å². The molecule has 2 unspecified atom stereocenters. The number of rotatable bonds is 5. The van der Waals surface area contributed by atoms with Crippen molar-refractivity contribution < 1.29 is 10.2 Å². The molecule has 112 valence electrons. The third kappa shape index (κ3) is 4.73. The Morgan fingerprint density at radius 3 is 2.16 bits per heavy atom. The van der Waals surface area contributed by atoms with Crippen LogP contribution in [0.15, 0.2) is 0 Å². The lowest BCUT2D eigenvalue weighted by Crippen LogP contribution is -2.43. The molecule has 0 aromatic carbocycles. The molecule has 2 aliphatic carbocycles. The number of aliphatic hydroxyl groups is 2. The fourth-order valence-electron chi connectivity index (χ4n) is 3.85. The molecule has 0 radical (unpaired) electrons. The van der Waals surface area contributed by atoms with E-state index in [0.717, 1.165) is 25.9 Å². The summed E-state index contributed by atoms with van der Waals surface area (Å²) in [6.07, 6.45) is 11.8. The molecule has 0 aromatic heterocycles. The van der Waals surface area contributed by atoms with Gasteiger partial charge in [-0.15, -0.1) is 0 Å². The normalized spacial score (nSPS) is 31.9. The summed E-state index contributed by atoms with van der Waals surface area (Å²) in [7, 11) is 0. The minimum Gasteiger partial charge on any atom is -0.396 e. The van der Waals surface area contributed by atoms with Gasteiger partial charge >= 0.3 is 0 Å². The first-order valence-corrected chi connectivity index (χ1v) is 8.27. The Hall–Kier alpha value is -0.120. The van der Waals surface area contributed by atoms with Crippen molar-refractivity contribution >= 4 is 0 Å². The molecule has 19 heavy (non-hydrogen) atoms. The van der Waals surface area contributed by atoms with Crippen molar-refractivity contribution in [3.63, 3.8) is 0 Å². The molecule has 2 saturated carbocycles. The van der Waals surface area contributed by atoms with E-state index in [1.807, 2.05) is 0 Å². The van der Waals surface area contributed by atoms with Crippen LogP contribution in [-0.4, -0.2) is 35.5 Å². The third-order valence-electron chi connectivity index (χ3n) is 5.20. The van der Waals surface area contributed by atoms with Crippen LogP contribution in [-0.2, 0) is 0 Å². The topological polar surface area (TPSA) is 52.5 Å². The Bertz CT molecular complexity index is 249. The van der Waals surface area contributed by atoms with Gasteiger partial charge in [0.15, 0.2) is 0 Å². The maximum absolute atomic E-state index is 10.6. The fourth-order valence-corrected chi connectivity index (χ4v) is 3.85. The number of nitrogens with one attached hydrogen (secondary N) is 1. The van der Waals surface area contributed by atoms with Gasteiger partial charge in [-0.3, -0.25) is 0 Å². The lowest BCUT2D eigenvalue weighted by Gasteiger charge is -2.32. The second kappa shape index (κ2) is 7.61. The summed E-state index contributed by atoms with van der Waals surface area (Å²) >= 11 is 0. The van der Waals surface area contributed by atoms with Crippen molar-refractivity contribution in [1.29, 1.82) is 0 Å². The van der Waals surface area contributed by atoms with E-state index in [1.54, 1.807) is 0 Å². The maximum atomic E-state index is 10.6. The van der Waals surface area contributed by atoms with Crippen LogP contribution >= 0.6 is 0 Å². The van der Waals surface area contributed by atoms with Gasteiger partial charge < -0.3 is 15.5 Å². The summed E-state index contributed by atoms with van der Waals surface area (Å²) in [4.78, 5) is 0. The zero-order chi connectivity index (χ0) is 13.6. The molecule has 0 heterocycles. The molecule has 0 saturated heterocycles. The Morgan fingerprint density at radius 2 is 1.53 bits per heavy atom. The van der Waals surface area contributed by atoms with Crippen LogP contribution in [0.25, 0.3) is 0 Å². The van der Waals surface area contributed by atoms with E-state index in [0.29, 0.717) is 18.4 Å². The van der Waals surface area contributed by atoms with Crippen LogP contribution in [0.4, 0.5) is 0 Å². The summed E-state index contributed by atoms with van der Waals surface area (Å²) < 4.78 is 0. The Labute approximate surface area is 117 Å². The van der Waals surface area contributed by atoms with E-state index < -0.39 is 5.60 Å². The molecule has 0 spiro atoms. The minimum absolute atomic E-state index is 0.330. The molecule has 3 heteroatoms. The van der Waals surface area contributed by atoms with Gasteiger partial charge in [0, 0.05) is 13.2 Å². The first-order valence-electron chi connectivity index (χ1n) is 8.27. The quantitative estimate of drug-likeness (QED) is 0.672. The largest absolute Gasteiger partial charge is 0.396 e. The predicted octanol–water partition coefficient (Wildman–Crippen LogP) is 2.46. The minimum atomic E-state index is -0.472. The molecule has 2 rings (SSSR count). The van der Waals surface area contributed by atoms with Gasteiger partial charge in [-0.25, -0.2) is 0 Å². The van der Waals surface area contributed by atoms with Crippen LogP contribution in [0.1, 0.15) is 64.2 Å². The van der Waals surface area contributed by atoms with Gasteiger partial charge in [0.05, 0.1) is 5.60 Å². The molecular weight excluding hydrogens is 238 g/mol. The van der Waals surface area contributed by atoms with Crippen LogP contribution in [0.5, 0.6) is 0 Å². The lowest BCUT2D eigenvalue weighted by molar-refractivity contribution is 0.0225. The van der Waals surface area contributed by atoms with Gasteiger partial charge in [0.2, 0.25) is 0 Å². The first kappa shape index (κ1) is 15.3. The highest BCUT2D eigenvalue weighted by Gasteiger charge is 2.29. The Balaban J connectivity index is 1.72. The monoisotopic (exact) mass is 269 g/mol. The van der Waals surface area contributed by atoms with Crippen LogP contribution < -0.4 is 5.32 Å². The number of hydrogen-bond donors (Lipinski definition) is 3. The molecule has 3 N–H and O–H groups in total. The molecule has 2 atom stereocenters. The van der Waals surface area contributed by atoms with Crippen LogP contribution in [0.3, 0.4) is 0 Å². The van der Waals surface area contributed by atoms with Crippen molar-refractivity contribution in [3.8, 4) is 0 Å². The van der Waals surface area contributed by atoms with Gasteiger partial charge in [-0.1, -0.05) is 38.5 Å². The van der Waals surface area contributed by atoms with Crippen LogP contribution in [0, 0.1) is 11.8 Å². The highest BCUT2D eigenvalue weighted by Crippen LogP contribution is 2.30. The third-order valence-corrected chi connectivity index (χ3v) is 5.20. The summed E-state index contributed by atoms with van der Waals surface area (Å²) in [5, 5.41) is 23.5. The molecule has 0 bridgehead atoms. The number of hydrogen-bond acceptors (Lipinski definition) is 3. The van der Waals surface area contributed by atoms with E-state index in [2.05, 4.69) is 5.32 Å². The number of aliphatic hydroxyl groups excluding tert-OH is 1. The second-order valence-corrected chi connectivity index (χ2v) is 6.76. The zero-order valence-corrected chi connectivity index (χ0v) is 12.2. The standard InChI is InChI=1S/C16H31NO2/c18-12-15-8-4-3-7-14(15)11-17-13-16(19)9-5-1-2-6-10-16/h14-15,17-19H,1-13H2. The van der Waals surface area contributed by atoms with E-state index in [9.17, 15) is 10.2 Å². The Morgan fingerprint density at radius 1 is 0.895 bits per heavy atom. The fraction of sp³-hybridized carbons (Fsp3) is 1.00. The molecule has 2 fully saturated rings. The molecule has 0 aromatic rings. The van der Waals surface area contributed by atoms with Crippen molar-refractivity contribution in [2.75, 3.05) is 19.7 Å². The summed E-state index contributed by atoms with van der Waals surface area (Å²) in [5.41, 5.74) is -0.472. The SMILES string of the molecule is OCC1CCCCC1CNCC1(O)CCCCCC1. The lowest BCUT2D eigenvalue weighted by atomic mass is 9.79. The molecular formula is C16H31NO2. The first-order chi connectivity index (χ1) is 9.23. The van der Waals surface area contributed by atoms with Gasteiger partial charge in [-0.2, -0.15) is 0 Å². The Kier molecular flexibility index (Phi) is 6.11. The average molecular weight is 269 g/mol. The smallest absolute Gasteiger partial charge is 0.0771 e. The molecule has 2 aliphatic rings. The maximum Gasteiger partial charge on any atom is 0.0771 e. The van der Waals surface area contributed by atoms with Crippen molar-refractivity contribution in [1.82, 2.24) is 5.32 Å². The highest BCUT2D eigenvalue weighted by atomic mass is 16.3. The van der Waals surface area contributed by atoms with E-state index in [4.69, 9.17) is 0 Å². The predicted molar refractivity (Wildman–Crippen MR) is 78.1 cm³/mol. The van der Waals surface area contributed by atoms with Crippen molar-refractivity contribution in [3.05, 3.63) is 0 Å². The molecule has 0 aliphatic heterocycles. The van der Waals surface area contributed by atoms with Gasteiger partial charge in [-0.05, 0) is 44.1 Å². The van der Waals surface area contributed by atoms with E-state index in [1.165, 1.54) is 51.4 Å². The van der Waals surface area contributed by atoms with Crippen molar-refractivity contribution in [2.24, 2.45) is 11.8 Å². The van der Waals surface area contributed by atoms with Gasteiger partial charge in [0.1, 0.15) is 0 Å². The second-order valence-electron chi connectivity index (χ2n) is 6.76. The summed E-state index contributed by atoms with van der Waals surface area (Å²) in [5.74, 6) is 1.08. The van der Waals surface area contributed by atoms with E-state index in [-0.39, 0.29) is 0 Å². The summed E-state index contributed by atoms with van der Waals surface area (Å²) in [6.45, 7) is 2.03. The molecule has 3 nitrogen and oxygen atoms in total. The highest BCUT2D eigenvalue weighted by molar-refractivity contribution is 4.84.